The molecular weight excluding hydrogens is 292 g/mol. The molecule has 1 N–H and O–H groups in total. The molecule has 5 nitrogen and oxygen atoms in total. The summed E-state index contributed by atoms with van der Waals surface area (Å²) in [5, 5.41) is 10.6. The van der Waals surface area contributed by atoms with Crippen LogP contribution < -0.4 is 4.74 Å². The van der Waals surface area contributed by atoms with Crippen molar-refractivity contribution < 1.29 is 14.6 Å². The van der Waals surface area contributed by atoms with Crippen molar-refractivity contribution in [3.8, 4) is 5.75 Å². The van der Waals surface area contributed by atoms with E-state index < -0.39 is 6.10 Å². The maximum Gasteiger partial charge on any atom is 0.225 e. The zero-order chi connectivity index (χ0) is 17.0. The van der Waals surface area contributed by atoms with Gasteiger partial charge in [-0.25, -0.2) is 0 Å². The highest BCUT2D eigenvalue weighted by atomic mass is 16.5. The average Bonchev–Trinajstić information content (AvgIpc) is 2.54. The van der Waals surface area contributed by atoms with E-state index in [0.717, 1.165) is 43.1 Å². The van der Waals surface area contributed by atoms with Crippen molar-refractivity contribution in [2.24, 2.45) is 5.92 Å². The number of carbonyl (C=O) groups excluding carboxylic acids is 1. The number of carbonyl (C=O) groups is 1. The predicted molar refractivity (Wildman–Crippen MR) is 90.5 cm³/mol. The third kappa shape index (κ3) is 4.45. The molecule has 1 atom stereocenters. The standard InChI is InChI=1S/C18H28N2O3/c1-13(2)18(22)20-9-7-19(8-10-20)12-16(21)15-11-14(3)5-6-17(15)23-4/h5-6,11,13,16,21H,7-10,12H2,1-4H3/t16-/m1/s1. The molecule has 1 aliphatic heterocycles. The highest BCUT2D eigenvalue weighted by molar-refractivity contribution is 5.78. The second-order valence-corrected chi connectivity index (χ2v) is 6.54. The molecule has 23 heavy (non-hydrogen) atoms. The van der Waals surface area contributed by atoms with Crippen molar-refractivity contribution in [3.63, 3.8) is 0 Å². The Kier molecular flexibility index (Phi) is 6.02. The number of aryl methyl sites for hydroxylation is 1. The van der Waals surface area contributed by atoms with Crippen LogP contribution in [0.2, 0.25) is 0 Å². The Bertz CT molecular complexity index is 537. The third-order valence-corrected chi connectivity index (χ3v) is 4.35. The summed E-state index contributed by atoms with van der Waals surface area (Å²) in [5.41, 5.74) is 1.93. The highest BCUT2D eigenvalue weighted by Crippen LogP contribution is 2.27. The topological polar surface area (TPSA) is 53.0 Å². The number of aliphatic hydroxyl groups is 1. The smallest absolute Gasteiger partial charge is 0.225 e. The summed E-state index contributed by atoms with van der Waals surface area (Å²) >= 11 is 0. The Morgan fingerprint density at radius 2 is 1.91 bits per heavy atom. The first-order valence-corrected chi connectivity index (χ1v) is 8.26. The fourth-order valence-electron chi connectivity index (χ4n) is 2.97. The molecule has 0 aliphatic carbocycles. The van der Waals surface area contributed by atoms with E-state index in [4.69, 9.17) is 4.74 Å². The van der Waals surface area contributed by atoms with Crippen molar-refractivity contribution in [1.29, 1.82) is 0 Å². The van der Waals surface area contributed by atoms with E-state index in [1.165, 1.54) is 0 Å². The highest BCUT2D eigenvalue weighted by Gasteiger charge is 2.25. The Morgan fingerprint density at radius 1 is 1.26 bits per heavy atom. The number of amides is 1. The molecular formula is C18H28N2O3. The molecule has 1 aliphatic rings. The molecule has 1 heterocycles. The van der Waals surface area contributed by atoms with E-state index in [2.05, 4.69) is 4.90 Å². The summed E-state index contributed by atoms with van der Waals surface area (Å²) in [6.45, 7) is 9.48. The van der Waals surface area contributed by atoms with Crippen LogP contribution in [-0.4, -0.2) is 60.6 Å². The molecule has 2 rings (SSSR count). The molecule has 0 saturated carbocycles. The van der Waals surface area contributed by atoms with Gasteiger partial charge in [0.25, 0.3) is 0 Å². The normalized spacial score (nSPS) is 17.4. The van der Waals surface area contributed by atoms with Gasteiger partial charge in [0.2, 0.25) is 5.91 Å². The van der Waals surface area contributed by atoms with Gasteiger partial charge < -0.3 is 14.7 Å². The number of hydrogen-bond donors (Lipinski definition) is 1. The Hall–Kier alpha value is -1.59. The summed E-state index contributed by atoms with van der Waals surface area (Å²) in [7, 11) is 1.62. The molecule has 1 amide bonds. The van der Waals surface area contributed by atoms with E-state index in [1.54, 1.807) is 7.11 Å². The van der Waals surface area contributed by atoms with Crippen molar-refractivity contribution >= 4 is 5.91 Å². The zero-order valence-corrected chi connectivity index (χ0v) is 14.6. The summed E-state index contributed by atoms with van der Waals surface area (Å²) in [6, 6.07) is 5.85. The minimum atomic E-state index is -0.586. The van der Waals surface area contributed by atoms with Crippen molar-refractivity contribution in [3.05, 3.63) is 29.3 Å². The fraction of sp³-hybridized carbons (Fsp3) is 0.611. The number of β-amino-alcohol motifs (C(OH)–C–C–N with tert-alkyl or cyclic N) is 1. The number of rotatable bonds is 5. The van der Waals surface area contributed by atoms with E-state index in [9.17, 15) is 9.90 Å². The van der Waals surface area contributed by atoms with Crippen LogP contribution in [0.3, 0.4) is 0 Å². The van der Waals surface area contributed by atoms with E-state index in [0.29, 0.717) is 6.54 Å². The van der Waals surface area contributed by atoms with Crippen LogP contribution in [0.1, 0.15) is 31.1 Å². The predicted octanol–water partition coefficient (Wildman–Crippen LogP) is 1.84. The van der Waals surface area contributed by atoms with E-state index in [-0.39, 0.29) is 11.8 Å². The lowest BCUT2D eigenvalue weighted by Crippen LogP contribution is -2.50. The van der Waals surface area contributed by atoms with Crippen LogP contribution in [0.15, 0.2) is 18.2 Å². The van der Waals surface area contributed by atoms with Gasteiger partial charge in [0.1, 0.15) is 5.75 Å². The van der Waals surface area contributed by atoms with Crippen LogP contribution in [0.5, 0.6) is 5.75 Å². The zero-order valence-electron chi connectivity index (χ0n) is 14.6. The van der Waals surface area contributed by atoms with Gasteiger partial charge in [0.15, 0.2) is 0 Å². The lowest BCUT2D eigenvalue weighted by molar-refractivity contribution is -0.136. The van der Waals surface area contributed by atoms with Crippen LogP contribution in [0, 0.1) is 12.8 Å². The van der Waals surface area contributed by atoms with Crippen LogP contribution in [0.4, 0.5) is 0 Å². The van der Waals surface area contributed by atoms with Gasteiger partial charge in [-0.1, -0.05) is 25.5 Å². The minimum Gasteiger partial charge on any atom is -0.496 e. The quantitative estimate of drug-likeness (QED) is 0.899. The molecule has 128 valence electrons. The summed E-state index contributed by atoms with van der Waals surface area (Å²) < 4.78 is 5.35. The Labute approximate surface area is 138 Å². The van der Waals surface area contributed by atoms with Gasteiger partial charge in [-0.3, -0.25) is 9.69 Å². The van der Waals surface area contributed by atoms with E-state index in [1.807, 2.05) is 43.9 Å². The van der Waals surface area contributed by atoms with Crippen LogP contribution >= 0.6 is 0 Å². The van der Waals surface area contributed by atoms with Gasteiger partial charge in [-0.05, 0) is 19.1 Å². The first-order chi connectivity index (χ1) is 10.9. The van der Waals surface area contributed by atoms with Gasteiger partial charge in [-0.2, -0.15) is 0 Å². The molecule has 1 saturated heterocycles. The van der Waals surface area contributed by atoms with Crippen LogP contribution in [0.25, 0.3) is 0 Å². The molecule has 5 heteroatoms. The van der Waals surface area contributed by atoms with Crippen LogP contribution in [-0.2, 0) is 4.79 Å². The van der Waals surface area contributed by atoms with Gasteiger partial charge in [0.05, 0.1) is 13.2 Å². The minimum absolute atomic E-state index is 0.0451. The Morgan fingerprint density at radius 3 is 2.48 bits per heavy atom. The Balaban J connectivity index is 1.94. The molecule has 0 bridgehead atoms. The van der Waals surface area contributed by atoms with Crippen molar-refractivity contribution in [1.82, 2.24) is 9.80 Å². The number of ether oxygens (including phenoxy) is 1. The molecule has 1 aromatic carbocycles. The number of aliphatic hydroxyl groups excluding tert-OH is 1. The monoisotopic (exact) mass is 320 g/mol. The number of piperazine rings is 1. The van der Waals surface area contributed by atoms with Gasteiger partial charge in [0, 0.05) is 44.2 Å². The molecule has 0 unspecified atom stereocenters. The maximum atomic E-state index is 12.0. The van der Waals surface area contributed by atoms with Gasteiger partial charge in [-0.15, -0.1) is 0 Å². The maximum absolute atomic E-state index is 12.0. The second-order valence-electron chi connectivity index (χ2n) is 6.54. The molecule has 0 aromatic heterocycles. The first kappa shape index (κ1) is 17.8. The molecule has 1 fully saturated rings. The lowest BCUT2D eigenvalue weighted by Gasteiger charge is -2.36. The fourth-order valence-corrected chi connectivity index (χ4v) is 2.97. The SMILES string of the molecule is COc1ccc(C)cc1[C@H](O)CN1CCN(C(=O)C(C)C)CC1. The van der Waals surface area contributed by atoms with Crippen molar-refractivity contribution in [2.75, 3.05) is 39.8 Å². The molecule has 1 aromatic rings. The van der Waals surface area contributed by atoms with E-state index >= 15 is 0 Å². The van der Waals surface area contributed by atoms with Gasteiger partial charge >= 0.3 is 0 Å². The number of methoxy groups -OCH3 is 1. The number of nitrogens with zero attached hydrogens (tertiary/aromatic N) is 2. The number of benzene rings is 1. The third-order valence-electron chi connectivity index (χ3n) is 4.35. The van der Waals surface area contributed by atoms with Crippen molar-refractivity contribution in [2.45, 2.75) is 26.9 Å². The largest absolute Gasteiger partial charge is 0.496 e. The lowest BCUT2D eigenvalue weighted by atomic mass is 10.0. The number of hydrogen-bond acceptors (Lipinski definition) is 4. The summed E-state index contributed by atoms with van der Waals surface area (Å²) in [4.78, 5) is 16.1. The summed E-state index contributed by atoms with van der Waals surface area (Å²) in [5.74, 6) is 0.978. The summed E-state index contributed by atoms with van der Waals surface area (Å²) in [6.07, 6.45) is -0.586. The first-order valence-electron chi connectivity index (χ1n) is 8.26. The second kappa shape index (κ2) is 7.79. The molecule has 0 spiro atoms. The average molecular weight is 320 g/mol. The molecule has 0 radical (unpaired) electrons.